The maximum absolute atomic E-state index is 12.5. The van der Waals surface area contributed by atoms with Gasteiger partial charge in [-0.05, 0) is 108 Å². The van der Waals surface area contributed by atoms with E-state index in [0.717, 1.165) is 63.2 Å². The Morgan fingerprint density at radius 2 is 1.93 bits per heavy atom. The average molecular weight is 581 g/mol. The largest absolute Gasteiger partial charge is 0.444 e. The Hall–Kier alpha value is -3.10. The monoisotopic (exact) mass is 580 g/mol. The number of piperidine rings is 1. The zero-order valence-electron chi connectivity index (χ0n) is 25.3. The summed E-state index contributed by atoms with van der Waals surface area (Å²) in [5.74, 6) is 1.18. The number of anilines is 2. The third-order valence-electron chi connectivity index (χ3n) is 7.40. The summed E-state index contributed by atoms with van der Waals surface area (Å²) in [5, 5.41) is 7.45. The lowest BCUT2D eigenvalue weighted by Gasteiger charge is -2.35. The Labute approximate surface area is 250 Å². The van der Waals surface area contributed by atoms with Crippen LogP contribution in [0.3, 0.4) is 0 Å². The first-order valence-corrected chi connectivity index (χ1v) is 15.0. The maximum atomic E-state index is 12.5. The molecule has 0 aliphatic carbocycles. The van der Waals surface area contributed by atoms with Crippen LogP contribution in [0, 0.1) is 5.92 Å². The number of fused-ring (bicyclic) bond motifs is 4. The predicted octanol–water partition coefficient (Wildman–Crippen LogP) is 6.67. The third-order valence-corrected chi connectivity index (χ3v) is 7.80. The van der Waals surface area contributed by atoms with E-state index < -0.39 is 5.60 Å². The van der Waals surface area contributed by atoms with Crippen LogP contribution in [0.1, 0.15) is 64.2 Å². The van der Waals surface area contributed by atoms with Crippen molar-refractivity contribution in [3.05, 3.63) is 64.5 Å². The molecule has 1 aromatic heterocycles. The van der Waals surface area contributed by atoms with Crippen LogP contribution in [-0.4, -0.2) is 65.2 Å². The van der Waals surface area contributed by atoms with Crippen molar-refractivity contribution in [1.82, 2.24) is 14.8 Å². The number of likely N-dealkylation sites (tertiary alicyclic amines) is 1. The number of aryl methyl sites for hydroxylation is 2. The van der Waals surface area contributed by atoms with Crippen molar-refractivity contribution in [2.45, 2.75) is 78.6 Å². The first kappa shape index (κ1) is 30.8. The molecule has 41 heavy (non-hydrogen) atoms. The number of nitrogens with one attached hydrogen (secondary N) is 2. The first-order chi connectivity index (χ1) is 19.5. The number of nitrogens with zero attached hydrogens (tertiary/aromatic N) is 4. The lowest BCUT2D eigenvalue weighted by molar-refractivity contribution is 0.0172. The number of allylic oxidation sites excluding steroid dienone is 1. The number of carbonyl (C=O) groups excluding carboxylic acids is 1. The molecule has 3 heterocycles. The number of carbonyl (C=O) groups is 1. The maximum Gasteiger partial charge on any atom is 0.410 e. The summed E-state index contributed by atoms with van der Waals surface area (Å²) >= 11 is 6.55. The van der Waals surface area contributed by atoms with Gasteiger partial charge in [0, 0.05) is 38.1 Å². The fraction of sp³-hybridized carbons (Fsp3) is 0.531. The SMILES string of the molecule is C/C=C(Cl)\C1=N/C(C)Nc2cncc(c2)CCc2cc(ccc2CN(C)CC2CCN(C(=O)OC(C)(C)C)CC2)N1. The summed E-state index contributed by atoms with van der Waals surface area (Å²) in [6.45, 7) is 13.0. The molecule has 0 spiro atoms. The Morgan fingerprint density at radius 1 is 1.17 bits per heavy atom. The van der Waals surface area contributed by atoms with E-state index in [2.05, 4.69) is 51.8 Å². The Balaban J connectivity index is 1.46. The molecule has 2 aliphatic heterocycles. The molecule has 8 nitrogen and oxygen atoms in total. The molecule has 4 bridgehead atoms. The summed E-state index contributed by atoms with van der Waals surface area (Å²) in [7, 11) is 2.19. The van der Waals surface area contributed by atoms with Crippen molar-refractivity contribution < 1.29 is 9.53 Å². The van der Waals surface area contributed by atoms with Gasteiger partial charge in [0.2, 0.25) is 0 Å². The van der Waals surface area contributed by atoms with Gasteiger partial charge in [0.1, 0.15) is 17.6 Å². The minimum atomic E-state index is -0.463. The van der Waals surface area contributed by atoms with Gasteiger partial charge in [-0.25, -0.2) is 9.79 Å². The van der Waals surface area contributed by atoms with Crippen LogP contribution >= 0.6 is 11.6 Å². The molecular weight excluding hydrogens is 536 g/mol. The molecule has 1 aromatic carbocycles. The minimum absolute atomic E-state index is 0.188. The summed E-state index contributed by atoms with van der Waals surface area (Å²) in [6.07, 6.45) is 9.01. The molecule has 1 saturated heterocycles. The summed E-state index contributed by atoms with van der Waals surface area (Å²) in [5.41, 5.74) is 5.24. The summed E-state index contributed by atoms with van der Waals surface area (Å²) in [6, 6.07) is 8.71. The third kappa shape index (κ3) is 9.20. The van der Waals surface area contributed by atoms with Gasteiger partial charge in [0.05, 0.1) is 16.9 Å². The number of hydrogen-bond donors (Lipinski definition) is 2. The van der Waals surface area contributed by atoms with Crippen molar-refractivity contribution in [2.75, 3.05) is 37.3 Å². The number of halogens is 1. The smallest absolute Gasteiger partial charge is 0.410 e. The second kappa shape index (κ2) is 13.7. The number of rotatable bonds is 5. The summed E-state index contributed by atoms with van der Waals surface area (Å²) in [4.78, 5) is 26.0. The van der Waals surface area contributed by atoms with E-state index in [9.17, 15) is 4.79 Å². The van der Waals surface area contributed by atoms with Gasteiger partial charge in [-0.1, -0.05) is 23.7 Å². The van der Waals surface area contributed by atoms with Crippen molar-refractivity contribution in [3.8, 4) is 0 Å². The first-order valence-electron chi connectivity index (χ1n) is 14.6. The van der Waals surface area contributed by atoms with Gasteiger partial charge in [-0.15, -0.1) is 0 Å². The second-order valence-electron chi connectivity index (χ2n) is 12.2. The number of amidine groups is 1. The minimum Gasteiger partial charge on any atom is -0.444 e. The lowest BCUT2D eigenvalue weighted by atomic mass is 9.95. The molecule has 1 atom stereocenters. The number of pyridine rings is 1. The highest BCUT2D eigenvalue weighted by molar-refractivity contribution is 6.44. The number of aliphatic imine (C=N–C) groups is 1. The topological polar surface area (TPSA) is 82.1 Å². The Morgan fingerprint density at radius 3 is 2.63 bits per heavy atom. The van der Waals surface area contributed by atoms with E-state index >= 15 is 0 Å². The van der Waals surface area contributed by atoms with Crippen LogP contribution in [0.5, 0.6) is 0 Å². The molecule has 0 radical (unpaired) electrons. The highest BCUT2D eigenvalue weighted by atomic mass is 35.5. The molecule has 9 heteroatoms. The zero-order chi connectivity index (χ0) is 29.6. The summed E-state index contributed by atoms with van der Waals surface area (Å²) < 4.78 is 5.56. The normalized spacial score (nSPS) is 20.1. The van der Waals surface area contributed by atoms with Gasteiger partial charge in [0.15, 0.2) is 0 Å². The van der Waals surface area contributed by atoms with Crippen molar-refractivity contribution in [2.24, 2.45) is 10.9 Å². The van der Waals surface area contributed by atoms with Crippen molar-refractivity contribution in [1.29, 1.82) is 0 Å². The van der Waals surface area contributed by atoms with E-state index in [0.29, 0.717) is 16.8 Å². The molecular formula is C32H45ClN6O2. The fourth-order valence-electron chi connectivity index (χ4n) is 5.39. The highest BCUT2D eigenvalue weighted by Crippen LogP contribution is 2.25. The van der Waals surface area contributed by atoms with Gasteiger partial charge in [-0.3, -0.25) is 4.98 Å². The van der Waals surface area contributed by atoms with Crippen LogP contribution in [0.4, 0.5) is 16.2 Å². The molecule has 2 aromatic rings. The van der Waals surface area contributed by atoms with Gasteiger partial charge < -0.3 is 25.2 Å². The average Bonchev–Trinajstić information content (AvgIpc) is 2.92. The van der Waals surface area contributed by atoms with Crippen LogP contribution in [0.15, 0.2) is 52.8 Å². The van der Waals surface area contributed by atoms with Crippen LogP contribution in [0.25, 0.3) is 0 Å². The van der Waals surface area contributed by atoms with Crippen LogP contribution in [0.2, 0.25) is 0 Å². The van der Waals surface area contributed by atoms with E-state index in [1.165, 1.54) is 16.7 Å². The zero-order valence-corrected chi connectivity index (χ0v) is 26.1. The highest BCUT2D eigenvalue weighted by Gasteiger charge is 2.27. The number of hydrogen-bond acceptors (Lipinski definition) is 7. The van der Waals surface area contributed by atoms with E-state index in [1.807, 2.05) is 58.0 Å². The molecule has 0 saturated carbocycles. The van der Waals surface area contributed by atoms with Gasteiger partial charge >= 0.3 is 6.09 Å². The number of ether oxygens (including phenoxy) is 1. The van der Waals surface area contributed by atoms with Crippen molar-refractivity contribution >= 4 is 34.9 Å². The van der Waals surface area contributed by atoms with E-state index in [1.54, 1.807) is 0 Å². The molecule has 4 rings (SSSR count). The number of amides is 1. The van der Waals surface area contributed by atoms with Gasteiger partial charge in [0.25, 0.3) is 0 Å². The van der Waals surface area contributed by atoms with Crippen LogP contribution < -0.4 is 10.6 Å². The predicted molar refractivity (Wildman–Crippen MR) is 169 cm³/mol. The quantitative estimate of drug-likeness (QED) is 0.411. The van der Waals surface area contributed by atoms with E-state index in [4.69, 9.17) is 21.3 Å². The second-order valence-corrected chi connectivity index (χ2v) is 12.6. The number of benzene rings is 1. The molecule has 1 unspecified atom stereocenters. The molecule has 2 aliphatic rings. The van der Waals surface area contributed by atoms with E-state index in [-0.39, 0.29) is 12.3 Å². The van der Waals surface area contributed by atoms with Gasteiger partial charge in [-0.2, -0.15) is 0 Å². The molecule has 1 fully saturated rings. The Bertz CT molecular complexity index is 1260. The van der Waals surface area contributed by atoms with Crippen LogP contribution in [-0.2, 0) is 24.1 Å². The molecule has 2 N–H and O–H groups in total. The molecule has 1 amide bonds. The fourth-order valence-corrected chi connectivity index (χ4v) is 5.48. The number of aromatic nitrogens is 1. The lowest BCUT2D eigenvalue weighted by Crippen LogP contribution is -2.43. The standard InChI is InChI=1S/C32H45ClN6O2/c1-7-29(33)30-36-22(2)35-28-16-24(18-34-19-28)8-9-25-17-27(37-30)11-10-26(25)21-38(6)20-23-12-14-39(15-13-23)31(40)41-32(3,4)5/h7,10-11,16-19,22-23,35H,8-9,12-15,20-21H2,1-6H3,(H,36,37)/b29-7+. The Kier molecular flexibility index (Phi) is 10.3. The van der Waals surface area contributed by atoms with Crippen molar-refractivity contribution in [3.63, 3.8) is 0 Å². The molecule has 222 valence electrons.